The van der Waals surface area contributed by atoms with Crippen molar-refractivity contribution in [3.63, 3.8) is 0 Å². The van der Waals surface area contributed by atoms with Crippen LogP contribution in [0.5, 0.6) is 0 Å². The third-order valence-electron chi connectivity index (χ3n) is 4.90. The van der Waals surface area contributed by atoms with Crippen LogP contribution in [0.15, 0.2) is 29.4 Å². The van der Waals surface area contributed by atoms with Crippen LogP contribution in [-0.4, -0.2) is 50.8 Å². The highest BCUT2D eigenvalue weighted by molar-refractivity contribution is 8.00. The molecule has 0 spiro atoms. The van der Waals surface area contributed by atoms with E-state index < -0.39 is 9.84 Å². The zero-order chi connectivity index (χ0) is 20.6. The number of fused-ring (bicyclic) bond motifs is 1. The second-order valence-corrected chi connectivity index (χ2v) is 11.7. The molecule has 1 saturated heterocycles. The molecule has 11 heteroatoms. The van der Waals surface area contributed by atoms with Gasteiger partial charge in [-0.25, -0.2) is 13.4 Å². The van der Waals surface area contributed by atoms with Crippen molar-refractivity contribution in [3.05, 3.63) is 30.1 Å². The first-order valence-electron chi connectivity index (χ1n) is 9.22. The SMILES string of the molecule is CC(Sc1nnc(CC2CCS(=O)(=O)C2)n1C)C(=O)Nc1nc2ccccc2s1. The summed E-state index contributed by atoms with van der Waals surface area (Å²) in [4.78, 5) is 17.0. The van der Waals surface area contributed by atoms with Gasteiger partial charge in [0.2, 0.25) is 5.91 Å². The highest BCUT2D eigenvalue weighted by atomic mass is 32.2. The van der Waals surface area contributed by atoms with Gasteiger partial charge in [-0.3, -0.25) is 4.79 Å². The summed E-state index contributed by atoms with van der Waals surface area (Å²) in [6.07, 6.45) is 1.24. The van der Waals surface area contributed by atoms with Gasteiger partial charge < -0.3 is 9.88 Å². The van der Waals surface area contributed by atoms with Crippen LogP contribution in [0.1, 0.15) is 19.2 Å². The predicted octanol–water partition coefficient (Wildman–Crippen LogP) is 2.52. The van der Waals surface area contributed by atoms with Crippen LogP contribution < -0.4 is 5.32 Å². The average Bonchev–Trinajstić information content (AvgIpc) is 3.33. The van der Waals surface area contributed by atoms with Gasteiger partial charge in [-0.2, -0.15) is 0 Å². The quantitative estimate of drug-likeness (QED) is 0.574. The molecular formula is C18H21N5O3S3. The van der Waals surface area contributed by atoms with E-state index in [1.165, 1.54) is 23.1 Å². The number of rotatable bonds is 6. The number of nitrogens with one attached hydrogen (secondary N) is 1. The van der Waals surface area contributed by atoms with Crippen molar-refractivity contribution >= 4 is 54.2 Å². The van der Waals surface area contributed by atoms with E-state index in [9.17, 15) is 13.2 Å². The van der Waals surface area contributed by atoms with Crippen LogP contribution in [0.3, 0.4) is 0 Å². The maximum Gasteiger partial charge on any atom is 0.239 e. The molecule has 0 radical (unpaired) electrons. The van der Waals surface area contributed by atoms with E-state index in [4.69, 9.17) is 0 Å². The van der Waals surface area contributed by atoms with E-state index in [1.54, 1.807) is 0 Å². The largest absolute Gasteiger partial charge is 0.309 e. The predicted molar refractivity (Wildman–Crippen MR) is 115 cm³/mol. The molecule has 154 valence electrons. The van der Waals surface area contributed by atoms with Crippen molar-refractivity contribution in [2.24, 2.45) is 13.0 Å². The summed E-state index contributed by atoms with van der Waals surface area (Å²) in [5.74, 6) is 1.14. The number of thioether (sulfide) groups is 1. The van der Waals surface area contributed by atoms with Gasteiger partial charge in [-0.1, -0.05) is 35.2 Å². The fraction of sp³-hybridized carbons (Fsp3) is 0.444. The monoisotopic (exact) mass is 451 g/mol. The van der Waals surface area contributed by atoms with Gasteiger partial charge in [0, 0.05) is 13.5 Å². The molecule has 1 N–H and O–H groups in total. The molecule has 2 unspecified atom stereocenters. The standard InChI is InChI=1S/C18H21N5O3S3/c1-11(16(24)20-17-19-13-5-3-4-6-14(13)28-17)27-18-22-21-15(23(18)2)9-12-7-8-29(25,26)10-12/h3-6,11-12H,7-10H2,1-2H3,(H,19,20,24). The Labute approximate surface area is 177 Å². The second kappa shape index (κ2) is 8.04. The van der Waals surface area contributed by atoms with Gasteiger partial charge in [-0.15, -0.1) is 10.2 Å². The van der Waals surface area contributed by atoms with E-state index in [1.807, 2.05) is 42.8 Å². The van der Waals surface area contributed by atoms with Crippen LogP contribution in [0, 0.1) is 5.92 Å². The molecule has 3 aromatic rings. The summed E-state index contributed by atoms with van der Waals surface area (Å²) in [7, 11) is -1.07. The van der Waals surface area contributed by atoms with E-state index in [0.29, 0.717) is 23.1 Å². The summed E-state index contributed by atoms with van der Waals surface area (Å²) in [5.41, 5.74) is 0.861. The number of carbonyl (C=O) groups excluding carboxylic acids is 1. The minimum Gasteiger partial charge on any atom is -0.309 e. The number of carbonyl (C=O) groups is 1. The summed E-state index contributed by atoms with van der Waals surface area (Å²) in [6.45, 7) is 1.81. The molecule has 0 aliphatic carbocycles. The summed E-state index contributed by atoms with van der Waals surface area (Å²) < 4.78 is 26.2. The molecule has 4 rings (SSSR count). The Balaban J connectivity index is 1.38. The first-order valence-corrected chi connectivity index (χ1v) is 12.7. The molecule has 2 atom stereocenters. The van der Waals surface area contributed by atoms with Crippen molar-refractivity contribution < 1.29 is 13.2 Å². The lowest BCUT2D eigenvalue weighted by Crippen LogP contribution is -2.22. The zero-order valence-corrected chi connectivity index (χ0v) is 18.5. The van der Waals surface area contributed by atoms with E-state index >= 15 is 0 Å². The zero-order valence-electron chi connectivity index (χ0n) is 16.0. The van der Waals surface area contributed by atoms with Gasteiger partial charge in [0.1, 0.15) is 5.82 Å². The fourth-order valence-electron chi connectivity index (χ4n) is 3.26. The van der Waals surface area contributed by atoms with E-state index in [-0.39, 0.29) is 28.6 Å². The van der Waals surface area contributed by atoms with E-state index in [0.717, 1.165) is 16.0 Å². The van der Waals surface area contributed by atoms with Crippen molar-refractivity contribution in [1.29, 1.82) is 0 Å². The van der Waals surface area contributed by atoms with Gasteiger partial charge >= 0.3 is 0 Å². The number of sulfone groups is 1. The molecule has 2 aromatic heterocycles. The normalized spacial score (nSPS) is 19.4. The number of hydrogen-bond donors (Lipinski definition) is 1. The number of anilines is 1. The molecule has 0 bridgehead atoms. The van der Waals surface area contributed by atoms with Crippen molar-refractivity contribution in [3.8, 4) is 0 Å². The Bertz CT molecular complexity index is 1120. The van der Waals surface area contributed by atoms with Crippen molar-refractivity contribution in [1.82, 2.24) is 19.7 Å². The van der Waals surface area contributed by atoms with Crippen LogP contribution in [0.25, 0.3) is 10.2 Å². The smallest absolute Gasteiger partial charge is 0.239 e. The summed E-state index contributed by atoms with van der Waals surface area (Å²) >= 11 is 2.76. The van der Waals surface area contributed by atoms with Crippen LogP contribution in [0.2, 0.25) is 0 Å². The Kier molecular flexibility index (Phi) is 5.63. The maximum absolute atomic E-state index is 12.6. The third kappa shape index (κ3) is 4.62. The van der Waals surface area contributed by atoms with Crippen molar-refractivity contribution in [2.45, 2.75) is 30.2 Å². The molecule has 1 aromatic carbocycles. The lowest BCUT2D eigenvalue weighted by Gasteiger charge is -2.11. The minimum atomic E-state index is -2.91. The number of benzene rings is 1. The number of hydrogen-bond acceptors (Lipinski definition) is 8. The lowest BCUT2D eigenvalue weighted by atomic mass is 10.1. The molecule has 1 aliphatic rings. The first-order chi connectivity index (χ1) is 13.8. The minimum absolute atomic E-state index is 0.0838. The Hall–Kier alpha value is -1.98. The molecule has 8 nitrogen and oxygen atoms in total. The number of nitrogens with zero attached hydrogens (tertiary/aromatic N) is 4. The number of para-hydroxylation sites is 1. The summed E-state index contributed by atoms with van der Waals surface area (Å²) in [6, 6.07) is 7.74. The second-order valence-electron chi connectivity index (χ2n) is 7.17. The Morgan fingerprint density at radius 1 is 1.38 bits per heavy atom. The average molecular weight is 452 g/mol. The van der Waals surface area contributed by atoms with Crippen LogP contribution >= 0.6 is 23.1 Å². The van der Waals surface area contributed by atoms with Crippen molar-refractivity contribution in [2.75, 3.05) is 16.8 Å². The molecule has 1 amide bonds. The Morgan fingerprint density at radius 3 is 2.90 bits per heavy atom. The van der Waals surface area contributed by atoms with Gasteiger partial charge in [-0.05, 0) is 31.4 Å². The molecule has 0 saturated carbocycles. The highest BCUT2D eigenvalue weighted by Crippen LogP contribution is 2.28. The van der Waals surface area contributed by atoms with Crippen LogP contribution in [-0.2, 0) is 28.1 Å². The molecule has 29 heavy (non-hydrogen) atoms. The number of amides is 1. The fourth-order valence-corrected chi connectivity index (χ4v) is 6.83. The van der Waals surface area contributed by atoms with E-state index in [2.05, 4.69) is 20.5 Å². The summed E-state index contributed by atoms with van der Waals surface area (Å²) in [5, 5.41) is 12.1. The Morgan fingerprint density at radius 2 is 2.17 bits per heavy atom. The lowest BCUT2D eigenvalue weighted by molar-refractivity contribution is -0.115. The molecule has 1 fully saturated rings. The number of thiazole rings is 1. The first kappa shape index (κ1) is 20.3. The molecular weight excluding hydrogens is 430 g/mol. The topological polar surface area (TPSA) is 107 Å². The number of aromatic nitrogens is 4. The highest BCUT2D eigenvalue weighted by Gasteiger charge is 2.29. The maximum atomic E-state index is 12.6. The van der Waals surface area contributed by atoms with Crippen LogP contribution in [0.4, 0.5) is 5.13 Å². The third-order valence-corrected chi connectivity index (χ3v) is 8.82. The molecule has 1 aliphatic heterocycles. The van der Waals surface area contributed by atoms with Gasteiger partial charge in [0.05, 0.1) is 27.0 Å². The van der Waals surface area contributed by atoms with Gasteiger partial charge in [0.15, 0.2) is 20.1 Å². The van der Waals surface area contributed by atoms with Gasteiger partial charge in [0.25, 0.3) is 0 Å². The molecule has 3 heterocycles.